The average Bonchev–Trinajstić information content (AvgIpc) is 2.65. The normalized spacial score (nSPS) is 13.6. The van der Waals surface area contributed by atoms with Crippen molar-refractivity contribution < 1.29 is 14.3 Å². The van der Waals surface area contributed by atoms with Gasteiger partial charge in [0.2, 0.25) is 5.91 Å². The van der Waals surface area contributed by atoms with Crippen LogP contribution in [0.25, 0.3) is 0 Å². The molecule has 2 atom stereocenters. The molecular formula is C15H25N3O3. The van der Waals surface area contributed by atoms with Crippen LogP contribution in [0.15, 0.2) is 0 Å². The van der Waals surface area contributed by atoms with E-state index in [4.69, 9.17) is 0 Å². The van der Waals surface area contributed by atoms with Gasteiger partial charge in [0, 0.05) is 24.7 Å². The molecule has 1 aromatic rings. The summed E-state index contributed by atoms with van der Waals surface area (Å²) in [4.78, 5) is 23.2. The van der Waals surface area contributed by atoms with E-state index in [1.165, 1.54) is 7.11 Å². The van der Waals surface area contributed by atoms with Crippen LogP contribution in [0.4, 0.5) is 0 Å². The predicted molar refractivity (Wildman–Crippen MR) is 79.8 cm³/mol. The van der Waals surface area contributed by atoms with Gasteiger partial charge in [-0.15, -0.1) is 0 Å². The number of methoxy groups -OCH3 is 1. The molecule has 1 N–H and O–H groups in total. The van der Waals surface area contributed by atoms with E-state index in [0.717, 1.165) is 23.4 Å². The molecule has 1 heterocycles. The first-order valence-corrected chi connectivity index (χ1v) is 7.12. The lowest BCUT2D eigenvalue weighted by atomic mass is 10.0. The zero-order valence-electron chi connectivity index (χ0n) is 13.7. The van der Waals surface area contributed by atoms with Crippen molar-refractivity contribution in [2.75, 3.05) is 7.11 Å². The molecule has 21 heavy (non-hydrogen) atoms. The van der Waals surface area contributed by atoms with E-state index in [0.29, 0.717) is 0 Å². The number of nitrogens with one attached hydrogen (secondary N) is 1. The van der Waals surface area contributed by atoms with Crippen LogP contribution in [0.3, 0.4) is 0 Å². The Bertz CT molecular complexity index is 522. The Morgan fingerprint density at radius 1 is 1.33 bits per heavy atom. The minimum atomic E-state index is -0.393. The summed E-state index contributed by atoms with van der Waals surface area (Å²) in [6.45, 7) is 7.66. The lowest BCUT2D eigenvalue weighted by Crippen LogP contribution is -2.38. The predicted octanol–water partition coefficient (Wildman–Crippen LogP) is 1.28. The molecule has 0 bridgehead atoms. The van der Waals surface area contributed by atoms with Crippen molar-refractivity contribution >= 4 is 11.9 Å². The van der Waals surface area contributed by atoms with E-state index in [-0.39, 0.29) is 24.3 Å². The van der Waals surface area contributed by atoms with Gasteiger partial charge >= 0.3 is 5.97 Å². The lowest BCUT2D eigenvalue weighted by molar-refractivity contribution is -0.144. The second-order valence-corrected chi connectivity index (χ2v) is 5.57. The third-order valence-electron chi connectivity index (χ3n) is 3.71. The van der Waals surface area contributed by atoms with Gasteiger partial charge in [0.25, 0.3) is 0 Å². The van der Waals surface area contributed by atoms with Gasteiger partial charge in [-0.25, -0.2) is 0 Å². The summed E-state index contributed by atoms with van der Waals surface area (Å²) >= 11 is 0. The van der Waals surface area contributed by atoms with Gasteiger partial charge in [-0.3, -0.25) is 14.3 Å². The molecule has 0 aromatic carbocycles. The first kappa shape index (κ1) is 17.2. The number of aryl methyl sites for hydroxylation is 2. The lowest BCUT2D eigenvalue weighted by Gasteiger charge is -2.17. The molecule has 0 saturated heterocycles. The second-order valence-electron chi connectivity index (χ2n) is 5.57. The number of hydrogen-bond donors (Lipinski definition) is 1. The Morgan fingerprint density at radius 3 is 2.43 bits per heavy atom. The van der Waals surface area contributed by atoms with Crippen molar-refractivity contribution in [3.63, 3.8) is 0 Å². The van der Waals surface area contributed by atoms with E-state index in [9.17, 15) is 9.59 Å². The van der Waals surface area contributed by atoms with Crippen molar-refractivity contribution in [2.24, 2.45) is 13.0 Å². The van der Waals surface area contributed by atoms with Crippen LogP contribution in [0.5, 0.6) is 0 Å². The van der Waals surface area contributed by atoms with Gasteiger partial charge in [-0.05, 0) is 32.8 Å². The van der Waals surface area contributed by atoms with Crippen LogP contribution in [0.2, 0.25) is 0 Å². The first-order chi connectivity index (χ1) is 9.76. The highest BCUT2D eigenvalue weighted by molar-refractivity contribution is 5.83. The maximum Gasteiger partial charge on any atom is 0.306 e. The number of carbonyl (C=O) groups excluding carboxylic acids is 2. The molecule has 1 aromatic heterocycles. The van der Waals surface area contributed by atoms with Crippen molar-refractivity contribution in [2.45, 2.75) is 46.6 Å². The number of carbonyl (C=O) groups is 2. The molecular weight excluding hydrogens is 270 g/mol. The number of hydrogen-bond acceptors (Lipinski definition) is 4. The number of ether oxygens (including phenoxy) is 1. The molecule has 0 aliphatic heterocycles. The van der Waals surface area contributed by atoms with Crippen molar-refractivity contribution in [3.8, 4) is 0 Å². The second kappa shape index (κ2) is 7.24. The number of esters is 1. The molecule has 6 heteroatoms. The highest BCUT2D eigenvalue weighted by Gasteiger charge is 2.20. The maximum atomic E-state index is 12.0. The molecule has 118 valence electrons. The van der Waals surface area contributed by atoms with E-state index in [1.807, 2.05) is 32.5 Å². The minimum absolute atomic E-state index is 0.0146. The Hall–Kier alpha value is -1.85. The summed E-state index contributed by atoms with van der Waals surface area (Å²) in [7, 11) is 3.23. The summed E-state index contributed by atoms with van der Waals surface area (Å²) < 4.78 is 6.42. The summed E-state index contributed by atoms with van der Waals surface area (Å²) in [5.74, 6) is -0.896. The van der Waals surface area contributed by atoms with Crippen LogP contribution in [0, 0.1) is 19.8 Å². The highest BCUT2D eigenvalue weighted by atomic mass is 16.5. The largest absolute Gasteiger partial charge is 0.469 e. The molecule has 0 fully saturated rings. The van der Waals surface area contributed by atoms with Crippen LogP contribution in [-0.2, 0) is 27.8 Å². The molecule has 0 saturated carbocycles. The molecule has 1 rings (SSSR count). The molecule has 1 amide bonds. The van der Waals surface area contributed by atoms with E-state index < -0.39 is 5.92 Å². The smallest absolute Gasteiger partial charge is 0.306 e. The number of nitrogens with zero attached hydrogens (tertiary/aromatic N) is 2. The average molecular weight is 295 g/mol. The molecule has 0 radical (unpaired) electrons. The van der Waals surface area contributed by atoms with Crippen LogP contribution in [0.1, 0.15) is 37.2 Å². The third-order valence-corrected chi connectivity index (χ3v) is 3.71. The Labute approximate surface area is 125 Å². The van der Waals surface area contributed by atoms with Gasteiger partial charge < -0.3 is 10.1 Å². The van der Waals surface area contributed by atoms with Gasteiger partial charge in [-0.2, -0.15) is 5.10 Å². The van der Waals surface area contributed by atoms with Crippen LogP contribution >= 0.6 is 0 Å². The van der Waals surface area contributed by atoms with E-state index in [1.54, 1.807) is 6.92 Å². The summed E-state index contributed by atoms with van der Waals surface area (Å²) in [5.41, 5.74) is 3.25. The summed E-state index contributed by atoms with van der Waals surface area (Å²) in [6, 6.07) is -0.0146. The monoisotopic (exact) mass is 295 g/mol. The van der Waals surface area contributed by atoms with Crippen LogP contribution < -0.4 is 5.32 Å². The Balaban J connectivity index is 2.59. The highest BCUT2D eigenvalue weighted by Crippen LogP contribution is 2.14. The fraction of sp³-hybridized carbons (Fsp3) is 0.667. The molecule has 0 spiro atoms. The molecule has 0 aliphatic rings. The van der Waals surface area contributed by atoms with E-state index >= 15 is 0 Å². The molecule has 0 unspecified atom stereocenters. The standard InChI is InChI=1S/C15H25N3O3/c1-9(7-14(19)21-6)15(20)16-10(2)8-13-11(3)17-18(5)12(13)4/h9-10H,7-8H2,1-6H3,(H,16,20)/t9-,10+/m0/s1. The third kappa shape index (κ3) is 4.58. The van der Waals surface area contributed by atoms with Gasteiger partial charge in [-0.1, -0.05) is 6.92 Å². The van der Waals surface area contributed by atoms with E-state index in [2.05, 4.69) is 15.2 Å². The summed E-state index contributed by atoms with van der Waals surface area (Å²) in [6.07, 6.45) is 0.822. The summed E-state index contributed by atoms with van der Waals surface area (Å²) in [5, 5.41) is 7.31. The van der Waals surface area contributed by atoms with Gasteiger partial charge in [0.05, 0.1) is 19.2 Å². The van der Waals surface area contributed by atoms with Crippen molar-refractivity contribution in [3.05, 3.63) is 17.0 Å². The van der Waals surface area contributed by atoms with Gasteiger partial charge in [0.1, 0.15) is 0 Å². The maximum absolute atomic E-state index is 12.0. The van der Waals surface area contributed by atoms with Crippen molar-refractivity contribution in [1.29, 1.82) is 0 Å². The quantitative estimate of drug-likeness (QED) is 0.802. The fourth-order valence-electron chi connectivity index (χ4n) is 2.28. The molecule has 6 nitrogen and oxygen atoms in total. The zero-order chi connectivity index (χ0) is 16.2. The minimum Gasteiger partial charge on any atom is -0.469 e. The SMILES string of the molecule is COC(=O)C[C@H](C)C(=O)N[C@H](C)Cc1c(C)nn(C)c1C. The number of amides is 1. The molecule has 0 aliphatic carbocycles. The fourth-order valence-corrected chi connectivity index (χ4v) is 2.28. The van der Waals surface area contributed by atoms with Crippen molar-refractivity contribution in [1.82, 2.24) is 15.1 Å². The topological polar surface area (TPSA) is 73.2 Å². The first-order valence-electron chi connectivity index (χ1n) is 7.12. The number of aromatic nitrogens is 2. The Morgan fingerprint density at radius 2 is 1.95 bits per heavy atom. The zero-order valence-corrected chi connectivity index (χ0v) is 13.7. The van der Waals surface area contributed by atoms with Gasteiger partial charge in [0.15, 0.2) is 0 Å². The Kier molecular flexibility index (Phi) is 5.93. The van der Waals surface area contributed by atoms with Crippen LogP contribution in [-0.4, -0.2) is 34.8 Å². The number of rotatable bonds is 6.